The third-order valence-electron chi connectivity index (χ3n) is 4.48. The molecule has 5 heteroatoms. The molecule has 1 heterocycles. The van der Waals surface area contributed by atoms with Gasteiger partial charge in [-0.25, -0.2) is 9.59 Å². The largest absolute Gasteiger partial charge is 0.480 e. The summed E-state index contributed by atoms with van der Waals surface area (Å²) in [6.45, 7) is 2.74. The lowest BCUT2D eigenvalue weighted by Gasteiger charge is -2.24. The molecule has 0 aromatic heterocycles. The first-order chi connectivity index (χ1) is 10.1. The van der Waals surface area contributed by atoms with Crippen molar-refractivity contribution in [2.75, 3.05) is 11.4 Å². The van der Waals surface area contributed by atoms with E-state index < -0.39 is 12.0 Å². The molecular weight excluding hydrogens is 268 g/mol. The Labute approximate surface area is 123 Å². The van der Waals surface area contributed by atoms with Gasteiger partial charge in [-0.2, -0.15) is 0 Å². The molecule has 0 bridgehead atoms. The van der Waals surface area contributed by atoms with Crippen LogP contribution in [0, 0.1) is 11.8 Å². The molecule has 2 amide bonds. The molecule has 1 aliphatic carbocycles. The van der Waals surface area contributed by atoms with E-state index in [0.717, 1.165) is 5.56 Å². The van der Waals surface area contributed by atoms with Crippen molar-refractivity contribution in [3.63, 3.8) is 0 Å². The summed E-state index contributed by atoms with van der Waals surface area (Å²) in [5, 5.41) is 12.3. The van der Waals surface area contributed by atoms with Gasteiger partial charge in [0.15, 0.2) is 0 Å². The highest BCUT2D eigenvalue weighted by Crippen LogP contribution is 2.36. The molecular formula is C16H20N2O3. The molecule has 2 atom stereocenters. The van der Waals surface area contributed by atoms with Crippen molar-refractivity contribution in [2.45, 2.75) is 32.2 Å². The zero-order valence-electron chi connectivity index (χ0n) is 12.1. The predicted molar refractivity (Wildman–Crippen MR) is 79.3 cm³/mol. The van der Waals surface area contributed by atoms with Gasteiger partial charge < -0.3 is 10.4 Å². The zero-order chi connectivity index (χ0) is 15.0. The van der Waals surface area contributed by atoms with Crippen LogP contribution < -0.4 is 10.2 Å². The molecule has 21 heavy (non-hydrogen) atoms. The third-order valence-corrected chi connectivity index (χ3v) is 4.48. The van der Waals surface area contributed by atoms with Gasteiger partial charge in [0.1, 0.15) is 6.04 Å². The summed E-state index contributed by atoms with van der Waals surface area (Å²) in [7, 11) is 0. The summed E-state index contributed by atoms with van der Waals surface area (Å²) in [5.74, 6) is 0.207. The van der Waals surface area contributed by atoms with Crippen molar-refractivity contribution in [1.82, 2.24) is 5.32 Å². The van der Waals surface area contributed by atoms with Gasteiger partial charge in [-0.05, 0) is 36.3 Å². The molecule has 0 spiro atoms. The van der Waals surface area contributed by atoms with Crippen molar-refractivity contribution in [1.29, 1.82) is 0 Å². The SMILES string of the molecule is CC(CNC(=O)N1c2ccccc2CC1C(=O)O)C1CC1. The number of para-hydroxylation sites is 1. The fourth-order valence-corrected chi connectivity index (χ4v) is 3.00. The number of aliphatic carboxylic acids is 1. The first-order valence-corrected chi connectivity index (χ1v) is 7.45. The Morgan fingerprint density at radius 1 is 1.38 bits per heavy atom. The van der Waals surface area contributed by atoms with Gasteiger partial charge in [-0.15, -0.1) is 0 Å². The molecule has 1 fully saturated rings. The summed E-state index contributed by atoms with van der Waals surface area (Å²) in [6, 6.07) is 6.27. The highest BCUT2D eigenvalue weighted by atomic mass is 16.4. The first-order valence-electron chi connectivity index (χ1n) is 7.45. The van der Waals surface area contributed by atoms with Crippen LogP contribution in [0.3, 0.4) is 0 Å². The van der Waals surface area contributed by atoms with Crippen molar-refractivity contribution in [3.05, 3.63) is 29.8 Å². The number of hydrogen-bond donors (Lipinski definition) is 2. The second kappa shape index (κ2) is 5.39. The molecule has 5 nitrogen and oxygen atoms in total. The lowest BCUT2D eigenvalue weighted by atomic mass is 10.1. The second-order valence-electron chi connectivity index (χ2n) is 6.06. The van der Waals surface area contributed by atoms with Crippen LogP contribution in [0.1, 0.15) is 25.3 Å². The normalized spacial score (nSPS) is 21.8. The molecule has 1 aromatic carbocycles. The molecule has 1 saturated carbocycles. The molecule has 1 aromatic rings. The van der Waals surface area contributed by atoms with E-state index in [4.69, 9.17) is 0 Å². The van der Waals surface area contributed by atoms with E-state index in [9.17, 15) is 14.7 Å². The lowest BCUT2D eigenvalue weighted by molar-refractivity contribution is -0.138. The first kappa shape index (κ1) is 13.9. The van der Waals surface area contributed by atoms with Crippen LogP contribution in [0.25, 0.3) is 0 Å². The Morgan fingerprint density at radius 3 is 2.76 bits per heavy atom. The topological polar surface area (TPSA) is 69.6 Å². The maximum atomic E-state index is 12.4. The van der Waals surface area contributed by atoms with Gasteiger partial charge in [0, 0.05) is 18.7 Å². The van der Waals surface area contributed by atoms with E-state index in [1.165, 1.54) is 17.7 Å². The number of carboxylic acids is 1. The number of carboxylic acid groups (broad SMARTS) is 1. The highest BCUT2D eigenvalue weighted by Gasteiger charge is 2.38. The number of carbonyl (C=O) groups is 2. The predicted octanol–water partition coefficient (Wildman–Crippen LogP) is 2.26. The van der Waals surface area contributed by atoms with Crippen LogP contribution in [0.5, 0.6) is 0 Å². The van der Waals surface area contributed by atoms with Crippen LogP contribution in [0.15, 0.2) is 24.3 Å². The summed E-state index contributed by atoms with van der Waals surface area (Å²) in [4.78, 5) is 25.2. The van der Waals surface area contributed by atoms with Gasteiger partial charge in [-0.3, -0.25) is 4.90 Å². The van der Waals surface area contributed by atoms with Crippen LogP contribution in [0.2, 0.25) is 0 Å². The number of rotatable bonds is 4. The van der Waals surface area contributed by atoms with Gasteiger partial charge in [0.2, 0.25) is 0 Å². The average Bonchev–Trinajstić information content (AvgIpc) is 3.24. The average molecular weight is 288 g/mol. The Balaban J connectivity index is 1.73. The van der Waals surface area contributed by atoms with Crippen LogP contribution in [0.4, 0.5) is 10.5 Å². The molecule has 0 saturated heterocycles. The number of amides is 2. The number of nitrogens with one attached hydrogen (secondary N) is 1. The number of hydrogen-bond acceptors (Lipinski definition) is 2. The molecule has 1 aliphatic heterocycles. The van der Waals surface area contributed by atoms with Crippen LogP contribution in [-0.4, -0.2) is 29.7 Å². The van der Waals surface area contributed by atoms with E-state index in [2.05, 4.69) is 12.2 Å². The minimum atomic E-state index is -0.961. The molecule has 0 radical (unpaired) electrons. The van der Waals surface area contributed by atoms with E-state index in [-0.39, 0.29) is 6.03 Å². The maximum Gasteiger partial charge on any atom is 0.327 e. The molecule has 3 rings (SSSR count). The number of nitrogens with zero attached hydrogens (tertiary/aromatic N) is 1. The fraction of sp³-hybridized carbons (Fsp3) is 0.500. The molecule has 112 valence electrons. The quantitative estimate of drug-likeness (QED) is 0.893. The van der Waals surface area contributed by atoms with Crippen molar-refractivity contribution < 1.29 is 14.7 Å². The molecule has 2 aliphatic rings. The minimum absolute atomic E-state index is 0.306. The number of urea groups is 1. The smallest absolute Gasteiger partial charge is 0.327 e. The van der Waals surface area contributed by atoms with E-state index in [0.29, 0.717) is 30.5 Å². The Morgan fingerprint density at radius 2 is 2.10 bits per heavy atom. The summed E-state index contributed by atoms with van der Waals surface area (Å²) in [6.07, 6.45) is 2.85. The lowest BCUT2D eigenvalue weighted by Crippen LogP contribution is -2.48. The number of benzene rings is 1. The van der Waals surface area contributed by atoms with Crippen molar-refractivity contribution in [3.8, 4) is 0 Å². The maximum absolute atomic E-state index is 12.4. The summed E-state index contributed by atoms with van der Waals surface area (Å²) in [5.41, 5.74) is 1.62. The summed E-state index contributed by atoms with van der Waals surface area (Å²) < 4.78 is 0. The Bertz CT molecular complexity index is 568. The fourth-order valence-electron chi connectivity index (χ4n) is 3.00. The van der Waals surface area contributed by atoms with Gasteiger partial charge in [0.25, 0.3) is 0 Å². The molecule has 2 N–H and O–H groups in total. The van der Waals surface area contributed by atoms with Crippen molar-refractivity contribution in [2.24, 2.45) is 11.8 Å². The monoisotopic (exact) mass is 288 g/mol. The van der Waals surface area contributed by atoms with E-state index in [1.54, 1.807) is 0 Å². The summed E-state index contributed by atoms with van der Waals surface area (Å²) >= 11 is 0. The van der Waals surface area contributed by atoms with Crippen LogP contribution >= 0.6 is 0 Å². The van der Waals surface area contributed by atoms with Crippen LogP contribution in [-0.2, 0) is 11.2 Å². The number of carbonyl (C=O) groups excluding carboxylic acids is 1. The second-order valence-corrected chi connectivity index (χ2v) is 6.06. The standard InChI is InChI=1S/C16H20N2O3/c1-10(11-6-7-11)9-17-16(21)18-13-5-3-2-4-12(13)8-14(18)15(19)20/h2-5,10-11,14H,6-9H2,1H3,(H,17,21)(H,19,20). The third kappa shape index (κ3) is 2.73. The number of anilines is 1. The highest BCUT2D eigenvalue weighted by molar-refractivity contribution is 6.01. The Kier molecular flexibility index (Phi) is 3.57. The van der Waals surface area contributed by atoms with E-state index in [1.807, 2.05) is 24.3 Å². The van der Waals surface area contributed by atoms with Gasteiger partial charge >= 0.3 is 12.0 Å². The molecule has 2 unspecified atom stereocenters. The number of fused-ring (bicyclic) bond motifs is 1. The van der Waals surface area contributed by atoms with Crippen molar-refractivity contribution >= 4 is 17.7 Å². The van der Waals surface area contributed by atoms with Gasteiger partial charge in [-0.1, -0.05) is 25.1 Å². The van der Waals surface area contributed by atoms with Gasteiger partial charge in [0.05, 0.1) is 0 Å². The Hall–Kier alpha value is -2.04. The van der Waals surface area contributed by atoms with E-state index >= 15 is 0 Å². The zero-order valence-corrected chi connectivity index (χ0v) is 12.1. The minimum Gasteiger partial charge on any atom is -0.480 e.